The number of hydrogen-bond donors (Lipinski definition) is 5. The maximum absolute atomic E-state index is 11.5. The lowest BCUT2D eigenvalue weighted by molar-refractivity contribution is -0.163. The number of carboxylic acid groups (broad SMARTS) is 1. The molecule has 2 heterocycles. The number of aliphatic hydroxyl groups is 1. The number of fused-ring (bicyclic) bond motifs is 1. The number of nitrogens with two attached hydrogens (primary N) is 1. The second-order valence-corrected chi connectivity index (χ2v) is 10.0. The van der Waals surface area contributed by atoms with Gasteiger partial charge in [-0.1, -0.05) is 65.2 Å². The van der Waals surface area contributed by atoms with Crippen molar-refractivity contribution in [2.75, 3.05) is 7.11 Å². The van der Waals surface area contributed by atoms with Gasteiger partial charge in [-0.25, -0.2) is 4.79 Å². The number of β-lactam (4-membered cyclic amide) rings is 1. The van der Waals surface area contributed by atoms with Crippen LogP contribution in [0.5, 0.6) is 0 Å². The molecule has 172 valence electrons. The number of carbonyl (C=O) groups is 2. The Morgan fingerprint density at radius 1 is 1.10 bits per heavy atom. The molecule has 1 saturated carbocycles. The van der Waals surface area contributed by atoms with E-state index in [1.54, 1.807) is 13.8 Å². The van der Waals surface area contributed by atoms with Gasteiger partial charge < -0.3 is 26.1 Å². The van der Waals surface area contributed by atoms with Crippen molar-refractivity contribution in [1.29, 1.82) is 0 Å². The number of aliphatic hydroxyl groups excluding tert-OH is 1. The van der Waals surface area contributed by atoms with Gasteiger partial charge in [-0.3, -0.25) is 4.79 Å². The van der Waals surface area contributed by atoms with E-state index in [4.69, 9.17) is 21.2 Å². The molecule has 3 atom stereocenters. The van der Waals surface area contributed by atoms with Gasteiger partial charge in [0.15, 0.2) is 0 Å². The summed E-state index contributed by atoms with van der Waals surface area (Å²) in [5.41, 5.74) is 7.03. The van der Waals surface area contributed by atoms with Crippen molar-refractivity contribution in [1.82, 2.24) is 10.4 Å². The molecule has 1 amide bonds. The van der Waals surface area contributed by atoms with Crippen LogP contribution in [0.15, 0.2) is 0 Å². The standard InChI is InChI=1S/C8H12N2O4S.C8H16.C3H9N.CH4O/c1-8(2)4(7(12)13)10-5(11)3(9-14)6(10)15-8;1-2-4-6-8-7-5-3-1;1-3(2)4;1-2/h3-4,6,9,14H,1-2H3,(H,12,13);1-8H2;3H,4H2,1-2H3;2H,1H3. The largest absolute Gasteiger partial charge is 0.480 e. The van der Waals surface area contributed by atoms with Crippen LogP contribution in [-0.4, -0.2) is 67.6 Å². The van der Waals surface area contributed by atoms with Crippen LogP contribution >= 0.6 is 11.8 Å². The molecule has 29 heavy (non-hydrogen) atoms. The SMILES string of the molecule is C1CCCCCCC1.CC(C)N.CC1(C)SC2C(NO)C(=O)N2C1C(=O)O.CO. The molecule has 0 aromatic heterocycles. The van der Waals surface area contributed by atoms with E-state index < -0.39 is 22.8 Å². The fourth-order valence-electron chi connectivity index (χ4n) is 3.55. The normalized spacial score (nSPS) is 27.4. The zero-order valence-corrected chi connectivity index (χ0v) is 19.4. The van der Waals surface area contributed by atoms with Gasteiger partial charge in [-0.05, 0) is 19.9 Å². The molecule has 0 radical (unpaired) electrons. The van der Waals surface area contributed by atoms with Gasteiger partial charge in [0.2, 0.25) is 5.91 Å². The number of nitrogens with one attached hydrogen (secondary N) is 1. The Morgan fingerprint density at radius 2 is 1.45 bits per heavy atom. The first-order valence-corrected chi connectivity index (χ1v) is 11.3. The summed E-state index contributed by atoms with van der Waals surface area (Å²) in [6.45, 7) is 7.47. The van der Waals surface area contributed by atoms with Crippen molar-refractivity contribution in [3.8, 4) is 0 Å². The summed E-state index contributed by atoms with van der Waals surface area (Å²) in [5.74, 6) is -1.35. The van der Waals surface area contributed by atoms with E-state index >= 15 is 0 Å². The fraction of sp³-hybridized carbons (Fsp3) is 0.900. The van der Waals surface area contributed by atoms with E-state index in [1.165, 1.54) is 68.0 Å². The highest BCUT2D eigenvalue weighted by molar-refractivity contribution is 8.01. The summed E-state index contributed by atoms with van der Waals surface area (Å²) in [7, 11) is 1.00. The Bertz CT molecular complexity index is 464. The second-order valence-electron chi connectivity index (χ2n) is 8.28. The van der Waals surface area contributed by atoms with Gasteiger partial charge in [0.25, 0.3) is 0 Å². The smallest absolute Gasteiger partial charge is 0.327 e. The van der Waals surface area contributed by atoms with Gasteiger partial charge in [0.05, 0.1) is 0 Å². The van der Waals surface area contributed by atoms with Crippen LogP contribution in [0.25, 0.3) is 0 Å². The third-order valence-electron chi connectivity index (χ3n) is 4.81. The lowest BCUT2D eigenvalue weighted by Crippen LogP contribution is -2.69. The van der Waals surface area contributed by atoms with E-state index in [1.807, 2.05) is 19.3 Å². The summed E-state index contributed by atoms with van der Waals surface area (Å²) in [4.78, 5) is 23.9. The Hall–Kier alpha value is -0.870. The van der Waals surface area contributed by atoms with E-state index in [9.17, 15) is 9.59 Å². The first-order valence-electron chi connectivity index (χ1n) is 10.5. The molecule has 8 nitrogen and oxygen atoms in total. The zero-order valence-electron chi connectivity index (χ0n) is 18.6. The van der Waals surface area contributed by atoms with E-state index in [2.05, 4.69) is 0 Å². The topological polar surface area (TPSA) is 136 Å². The maximum Gasteiger partial charge on any atom is 0.327 e. The summed E-state index contributed by atoms with van der Waals surface area (Å²) >= 11 is 1.39. The van der Waals surface area contributed by atoms with Crippen LogP contribution in [0.1, 0.15) is 79.1 Å². The predicted octanol–water partition coefficient (Wildman–Crippen LogP) is 2.56. The van der Waals surface area contributed by atoms with Crippen molar-refractivity contribution < 1.29 is 25.0 Å². The Morgan fingerprint density at radius 3 is 1.72 bits per heavy atom. The highest BCUT2D eigenvalue weighted by Crippen LogP contribution is 2.50. The average molecular weight is 436 g/mol. The minimum atomic E-state index is -1.00. The van der Waals surface area contributed by atoms with Gasteiger partial charge in [0.1, 0.15) is 17.5 Å². The molecule has 0 bridgehead atoms. The number of hydrogen-bond acceptors (Lipinski definition) is 7. The number of rotatable bonds is 2. The van der Waals surface area contributed by atoms with E-state index in [0.717, 1.165) is 7.11 Å². The molecule has 0 spiro atoms. The molecule has 0 aromatic rings. The molecule has 3 rings (SSSR count). The monoisotopic (exact) mass is 435 g/mol. The maximum atomic E-state index is 11.5. The Balaban J connectivity index is 0.000000471. The number of nitrogens with zero attached hydrogens (tertiary/aromatic N) is 1. The zero-order chi connectivity index (χ0) is 22.6. The van der Waals surface area contributed by atoms with Crippen molar-refractivity contribution in [3.05, 3.63) is 0 Å². The van der Waals surface area contributed by atoms with Crippen LogP contribution in [0, 0.1) is 0 Å². The molecule has 2 saturated heterocycles. The van der Waals surface area contributed by atoms with E-state index in [0.29, 0.717) is 6.04 Å². The highest BCUT2D eigenvalue weighted by atomic mass is 32.2. The lowest BCUT2D eigenvalue weighted by atomic mass is 9.96. The molecule has 9 heteroatoms. The fourth-order valence-corrected chi connectivity index (χ4v) is 5.16. The van der Waals surface area contributed by atoms with Crippen LogP contribution in [-0.2, 0) is 9.59 Å². The van der Waals surface area contributed by atoms with Crippen molar-refractivity contribution in [2.24, 2.45) is 5.73 Å². The van der Waals surface area contributed by atoms with Crippen molar-refractivity contribution >= 4 is 23.6 Å². The molecule has 2 aliphatic heterocycles. The summed E-state index contributed by atoms with van der Waals surface area (Å²) in [6.07, 6.45) is 12.0. The third-order valence-corrected chi connectivity index (χ3v) is 6.39. The average Bonchev–Trinajstić information content (AvgIpc) is 2.85. The number of carboxylic acids is 1. The van der Waals surface area contributed by atoms with Crippen molar-refractivity contribution in [3.63, 3.8) is 0 Å². The summed E-state index contributed by atoms with van der Waals surface area (Å²) in [5, 5.41) is 24.5. The molecule has 3 aliphatic rings. The number of thioether (sulfide) groups is 1. The van der Waals surface area contributed by atoms with Gasteiger partial charge in [0, 0.05) is 11.9 Å². The van der Waals surface area contributed by atoms with E-state index in [-0.39, 0.29) is 11.3 Å². The first-order chi connectivity index (χ1) is 13.6. The third kappa shape index (κ3) is 8.80. The molecule has 0 aromatic carbocycles. The number of aliphatic carboxylic acids is 1. The lowest BCUT2D eigenvalue weighted by Gasteiger charge is -2.42. The minimum Gasteiger partial charge on any atom is -0.480 e. The molecule has 1 aliphatic carbocycles. The van der Waals surface area contributed by atoms with Crippen LogP contribution in [0.3, 0.4) is 0 Å². The Kier molecular flexibility index (Phi) is 13.8. The van der Waals surface area contributed by atoms with Crippen molar-refractivity contribution in [2.45, 2.75) is 107 Å². The van der Waals surface area contributed by atoms with Crippen LogP contribution in [0.4, 0.5) is 0 Å². The Labute approximate surface area is 179 Å². The summed E-state index contributed by atoms with van der Waals surface area (Å²) in [6, 6.07) is -1.15. The molecule has 6 N–H and O–H groups in total. The summed E-state index contributed by atoms with van der Waals surface area (Å²) < 4.78 is -0.530. The molecular weight excluding hydrogens is 394 g/mol. The number of hydroxylamine groups is 1. The number of amides is 1. The predicted molar refractivity (Wildman–Crippen MR) is 117 cm³/mol. The van der Waals surface area contributed by atoms with Gasteiger partial charge in [-0.15, -0.1) is 11.8 Å². The van der Waals surface area contributed by atoms with Crippen LogP contribution in [0.2, 0.25) is 0 Å². The second kappa shape index (κ2) is 14.2. The quantitative estimate of drug-likeness (QED) is 0.330. The minimum absolute atomic E-state index is 0.279. The molecular formula is C20H41N3O5S. The number of carbonyl (C=O) groups excluding carboxylic acids is 1. The molecule has 3 unspecified atom stereocenters. The van der Waals surface area contributed by atoms with Gasteiger partial charge in [-0.2, -0.15) is 5.48 Å². The first kappa shape index (κ1) is 28.1. The van der Waals surface area contributed by atoms with Gasteiger partial charge >= 0.3 is 5.97 Å². The van der Waals surface area contributed by atoms with Crippen LogP contribution < -0.4 is 11.2 Å². The highest BCUT2D eigenvalue weighted by Gasteiger charge is 2.63. The molecule has 3 fully saturated rings.